The van der Waals surface area contributed by atoms with E-state index in [2.05, 4.69) is 10.3 Å². The molecular formula is C19H17F2N3O3S3. The molecule has 1 saturated heterocycles. The zero-order valence-corrected chi connectivity index (χ0v) is 18.0. The predicted octanol–water partition coefficient (Wildman–Crippen LogP) is 4.19. The van der Waals surface area contributed by atoms with Gasteiger partial charge in [0.05, 0.1) is 11.6 Å². The van der Waals surface area contributed by atoms with Gasteiger partial charge in [0.2, 0.25) is 5.91 Å². The molecule has 3 aromatic rings. The van der Waals surface area contributed by atoms with Gasteiger partial charge in [-0.05, 0) is 42.5 Å². The Labute approximate surface area is 180 Å². The molecule has 0 radical (unpaired) electrons. The molecular weight excluding hydrogens is 452 g/mol. The number of thiazole rings is 1. The van der Waals surface area contributed by atoms with Crippen LogP contribution in [0.15, 0.2) is 45.3 Å². The van der Waals surface area contributed by atoms with E-state index in [1.54, 1.807) is 17.5 Å². The van der Waals surface area contributed by atoms with Gasteiger partial charge in [-0.1, -0.05) is 6.07 Å². The van der Waals surface area contributed by atoms with Gasteiger partial charge in [0.1, 0.15) is 15.8 Å². The maximum Gasteiger partial charge on any atom is 0.252 e. The van der Waals surface area contributed by atoms with E-state index >= 15 is 0 Å². The topological polar surface area (TPSA) is 79.4 Å². The third-order valence-electron chi connectivity index (χ3n) is 4.78. The van der Waals surface area contributed by atoms with Gasteiger partial charge in [0.15, 0.2) is 5.13 Å². The SMILES string of the molecule is O=C(Nc1nc(-c2cc(F)ccc2F)cs1)C1CCCN(S(=O)(=O)c2cccs2)C1. The number of aromatic nitrogens is 1. The molecule has 4 rings (SSSR count). The zero-order chi connectivity index (χ0) is 21.3. The predicted molar refractivity (Wildman–Crippen MR) is 112 cm³/mol. The van der Waals surface area contributed by atoms with Crippen molar-refractivity contribution in [1.29, 1.82) is 0 Å². The lowest BCUT2D eigenvalue weighted by Crippen LogP contribution is -2.43. The van der Waals surface area contributed by atoms with Crippen LogP contribution in [0.2, 0.25) is 0 Å². The largest absolute Gasteiger partial charge is 0.302 e. The quantitative estimate of drug-likeness (QED) is 0.608. The van der Waals surface area contributed by atoms with Crippen LogP contribution in [-0.2, 0) is 14.8 Å². The second-order valence-electron chi connectivity index (χ2n) is 6.79. The first kappa shape index (κ1) is 21.0. The number of hydrogen-bond acceptors (Lipinski definition) is 6. The highest BCUT2D eigenvalue weighted by molar-refractivity contribution is 7.91. The summed E-state index contributed by atoms with van der Waals surface area (Å²) in [5.74, 6) is -2.06. The van der Waals surface area contributed by atoms with E-state index in [1.807, 2.05) is 0 Å². The van der Waals surface area contributed by atoms with Crippen LogP contribution in [0.1, 0.15) is 12.8 Å². The fourth-order valence-corrected chi connectivity index (χ4v) is 6.65. The van der Waals surface area contributed by atoms with Gasteiger partial charge in [-0.15, -0.1) is 22.7 Å². The van der Waals surface area contributed by atoms with Crippen molar-refractivity contribution < 1.29 is 22.0 Å². The Morgan fingerprint density at radius 1 is 1.23 bits per heavy atom. The van der Waals surface area contributed by atoms with Crippen LogP contribution in [0.25, 0.3) is 11.3 Å². The molecule has 1 amide bonds. The van der Waals surface area contributed by atoms with Crippen molar-refractivity contribution in [2.75, 3.05) is 18.4 Å². The molecule has 0 saturated carbocycles. The van der Waals surface area contributed by atoms with Gasteiger partial charge in [-0.2, -0.15) is 4.31 Å². The molecule has 1 unspecified atom stereocenters. The molecule has 1 fully saturated rings. The first-order valence-corrected chi connectivity index (χ1v) is 12.3. The number of anilines is 1. The van der Waals surface area contributed by atoms with Gasteiger partial charge >= 0.3 is 0 Å². The van der Waals surface area contributed by atoms with Crippen molar-refractivity contribution in [1.82, 2.24) is 9.29 Å². The Kier molecular flexibility index (Phi) is 5.96. The molecule has 0 bridgehead atoms. The maximum absolute atomic E-state index is 13.9. The summed E-state index contributed by atoms with van der Waals surface area (Å²) in [6.07, 6.45) is 1.12. The molecule has 30 heavy (non-hydrogen) atoms. The normalized spacial score (nSPS) is 17.7. The molecule has 0 aliphatic carbocycles. The minimum atomic E-state index is -3.62. The van der Waals surface area contributed by atoms with Gasteiger partial charge in [-0.25, -0.2) is 22.2 Å². The number of carbonyl (C=O) groups excluding carboxylic acids is 1. The molecule has 2 aromatic heterocycles. The van der Waals surface area contributed by atoms with Crippen molar-refractivity contribution >= 4 is 43.7 Å². The van der Waals surface area contributed by atoms with Crippen LogP contribution >= 0.6 is 22.7 Å². The number of thiophene rings is 1. The van der Waals surface area contributed by atoms with Crippen LogP contribution in [0.4, 0.5) is 13.9 Å². The van der Waals surface area contributed by atoms with Crippen molar-refractivity contribution in [3.8, 4) is 11.3 Å². The Balaban J connectivity index is 1.45. The lowest BCUT2D eigenvalue weighted by molar-refractivity contribution is -0.120. The summed E-state index contributed by atoms with van der Waals surface area (Å²) in [5, 5.41) is 6.15. The number of carbonyl (C=O) groups is 1. The molecule has 0 spiro atoms. The molecule has 6 nitrogen and oxygen atoms in total. The molecule has 1 N–H and O–H groups in total. The first-order chi connectivity index (χ1) is 14.3. The molecule has 158 valence electrons. The number of sulfonamides is 1. The average molecular weight is 470 g/mol. The number of benzene rings is 1. The molecule has 1 aliphatic heterocycles. The molecule has 1 atom stereocenters. The summed E-state index contributed by atoms with van der Waals surface area (Å²) >= 11 is 2.24. The summed E-state index contributed by atoms with van der Waals surface area (Å²) in [4.78, 5) is 16.9. The lowest BCUT2D eigenvalue weighted by Gasteiger charge is -2.30. The monoisotopic (exact) mass is 469 g/mol. The van der Waals surface area contributed by atoms with Crippen LogP contribution < -0.4 is 5.32 Å². The average Bonchev–Trinajstić information content (AvgIpc) is 3.42. The fourth-order valence-electron chi connectivity index (χ4n) is 3.27. The number of rotatable bonds is 5. The van der Waals surface area contributed by atoms with Crippen LogP contribution in [0.3, 0.4) is 0 Å². The van der Waals surface area contributed by atoms with Gasteiger partial charge in [0, 0.05) is 24.0 Å². The fraction of sp³-hybridized carbons (Fsp3) is 0.263. The molecule has 1 aliphatic rings. The third-order valence-corrected chi connectivity index (χ3v) is 8.78. The van der Waals surface area contributed by atoms with E-state index in [0.717, 1.165) is 40.9 Å². The van der Waals surface area contributed by atoms with Crippen molar-refractivity contribution in [3.63, 3.8) is 0 Å². The third kappa shape index (κ3) is 4.29. The minimum Gasteiger partial charge on any atom is -0.302 e. The van der Waals surface area contributed by atoms with Gasteiger partial charge < -0.3 is 5.32 Å². The minimum absolute atomic E-state index is 0.0117. The van der Waals surface area contributed by atoms with E-state index < -0.39 is 27.6 Å². The number of piperidine rings is 1. The number of hydrogen-bond donors (Lipinski definition) is 1. The second-order valence-corrected chi connectivity index (χ2v) is 10.8. The van der Waals surface area contributed by atoms with Crippen LogP contribution in [0.5, 0.6) is 0 Å². The standard InChI is InChI=1S/C19H17F2N3O3S3/c20-13-5-6-15(21)14(9-13)16-11-29-19(22-16)23-18(25)12-3-1-7-24(10-12)30(26,27)17-4-2-8-28-17/h2,4-6,8-9,11-12H,1,3,7,10H2,(H,22,23,25). The van der Waals surface area contributed by atoms with Crippen LogP contribution in [-0.4, -0.2) is 36.7 Å². The summed E-state index contributed by atoms with van der Waals surface area (Å²) in [7, 11) is -3.62. The number of amides is 1. The van der Waals surface area contributed by atoms with Gasteiger partial charge in [-0.3, -0.25) is 4.79 Å². The maximum atomic E-state index is 13.9. The van der Waals surface area contributed by atoms with E-state index in [-0.39, 0.29) is 33.1 Å². The van der Waals surface area contributed by atoms with E-state index in [9.17, 15) is 22.0 Å². The van der Waals surface area contributed by atoms with Crippen molar-refractivity contribution in [3.05, 3.63) is 52.7 Å². The van der Waals surface area contributed by atoms with Crippen molar-refractivity contribution in [2.45, 2.75) is 17.1 Å². The summed E-state index contributed by atoms with van der Waals surface area (Å²) < 4.78 is 54.4. The Bertz CT molecular complexity index is 1160. The number of nitrogens with zero attached hydrogens (tertiary/aromatic N) is 2. The summed E-state index contributed by atoms with van der Waals surface area (Å²) in [6, 6.07) is 6.31. The lowest BCUT2D eigenvalue weighted by atomic mass is 9.99. The second kappa shape index (κ2) is 8.50. The molecule has 1 aromatic carbocycles. The zero-order valence-electron chi connectivity index (χ0n) is 15.5. The van der Waals surface area contributed by atoms with E-state index in [4.69, 9.17) is 0 Å². The number of halogens is 2. The van der Waals surface area contributed by atoms with E-state index in [1.165, 1.54) is 9.69 Å². The highest BCUT2D eigenvalue weighted by Crippen LogP contribution is 2.30. The van der Waals surface area contributed by atoms with Crippen molar-refractivity contribution in [2.24, 2.45) is 5.92 Å². The Hall–Kier alpha value is -2.21. The first-order valence-electron chi connectivity index (χ1n) is 9.10. The Morgan fingerprint density at radius 3 is 2.83 bits per heavy atom. The number of nitrogens with one attached hydrogen (secondary N) is 1. The summed E-state index contributed by atoms with van der Waals surface area (Å²) in [5.41, 5.74) is 0.232. The van der Waals surface area contributed by atoms with E-state index in [0.29, 0.717) is 19.4 Å². The highest BCUT2D eigenvalue weighted by Gasteiger charge is 2.34. The molecule has 11 heteroatoms. The Morgan fingerprint density at radius 2 is 2.07 bits per heavy atom. The van der Waals surface area contributed by atoms with Gasteiger partial charge in [0.25, 0.3) is 10.0 Å². The summed E-state index contributed by atoms with van der Waals surface area (Å²) in [6.45, 7) is 0.451. The highest BCUT2D eigenvalue weighted by atomic mass is 32.2. The molecule has 3 heterocycles. The smallest absolute Gasteiger partial charge is 0.252 e. The van der Waals surface area contributed by atoms with Crippen LogP contribution in [0, 0.1) is 17.6 Å².